The molecule has 0 fully saturated rings. The fourth-order valence-corrected chi connectivity index (χ4v) is 2.17. The molecule has 8 N–H and O–H groups in total. The van der Waals surface area contributed by atoms with Gasteiger partial charge in [0.25, 0.3) is 11.8 Å². The Bertz CT molecular complexity index is 664. The highest BCUT2D eigenvalue weighted by molar-refractivity contribution is 5.99. The second-order valence-electron chi connectivity index (χ2n) is 4.66. The summed E-state index contributed by atoms with van der Waals surface area (Å²) in [4.78, 5) is 22.6. The minimum Gasteiger partial charge on any atom is -0.398 e. The SMILES string of the molecule is NC(=O)c1cccc(Cc2cccc(C(N)=O)c2N)c1N. The van der Waals surface area contributed by atoms with Crippen molar-refractivity contribution in [3.05, 3.63) is 58.7 Å². The third-order valence-corrected chi connectivity index (χ3v) is 3.30. The van der Waals surface area contributed by atoms with E-state index in [1.54, 1.807) is 36.4 Å². The summed E-state index contributed by atoms with van der Waals surface area (Å²) in [5.41, 5.74) is 25.0. The zero-order valence-electron chi connectivity index (χ0n) is 11.3. The quantitative estimate of drug-likeness (QED) is 0.612. The van der Waals surface area contributed by atoms with Gasteiger partial charge in [-0.25, -0.2) is 0 Å². The molecule has 0 radical (unpaired) electrons. The van der Waals surface area contributed by atoms with Crippen molar-refractivity contribution < 1.29 is 9.59 Å². The summed E-state index contributed by atoms with van der Waals surface area (Å²) < 4.78 is 0. The number of primary amides is 2. The van der Waals surface area contributed by atoms with Crippen LogP contribution >= 0.6 is 0 Å². The molecule has 2 amide bonds. The van der Waals surface area contributed by atoms with Gasteiger partial charge in [0.1, 0.15) is 0 Å². The van der Waals surface area contributed by atoms with Crippen molar-refractivity contribution in [3.63, 3.8) is 0 Å². The zero-order chi connectivity index (χ0) is 15.6. The molecule has 2 aromatic rings. The van der Waals surface area contributed by atoms with Gasteiger partial charge < -0.3 is 22.9 Å². The first-order chi connectivity index (χ1) is 9.91. The van der Waals surface area contributed by atoms with Crippen LogP contribution in [0.1, 0.15) is 31.8 Å². The number of nitrogens with two attached hydrogens (primary N) is 4. The van der Waals surface area contributed by atoms with E-state index in [0.717, 1.165) is 0 Å². The van der Waals surface area contributed by atoms with Crippen LogP contribution in [-0.2, 0) is 6.42 Å². The van der Waals surface area contributed by atoms with Crippen LogP contribution in [0.15, 0.2) is 36.4 Å². The average Bonchev–Trinajstić information content (AvgIpc) is 2.42. The van der Waals surface area contributed by atoms with Crippen molar-refractivity contribution in [2.45, 2.75) is 6.42 Å². The first-order valence-corrected chi connectivity index (χ1v) is 6.26. The molecule has 0 aliphatic rings. The van der Waals surface area contributed by atoms with Gasteiger partial charge in [0.15, 0.2) is 0 Å². The predicted molar refractivity (Wildman–Crippen MR) is 81.6 cm³/mol. The van der Waals surface area contributed by atoms with E-state index in [9.17, 15) is 9.59 Å². The van der Waals surface area contributed by atoms with E-state index >= 15 is 0 Å². The lowest BCUT2D eigenvalue weighted by Crippen LogP contribution is -2.16. The smallest absolute Gasteiger partial charge is 0.250 e. The number of hydrogen-bond acceptors (Lipinski definition) is 4. The van der Waals surface area contributed by atoms with Gasteiger partial charge in [0.2, 0.25) is 0 Å². The van der Waals surface area contributed by atoms with Crippen molar-refractivity contribution in [2.24, 2.45) is 11.5 Å². The summed E-state index contributed by atoms with van der Waals surface area (Å²) in [5, 5.41) is 0. The molecule has 2 aromatic carbocycles. The molecule has 6 nitrogen and oxygen atoms in total. The number of para-hydroxylation sites is 2. The molecule has 0 atom stereocenters. The first-order valence-electron chi connectivity index (χ1n) is 6.26. The molecule has 21 heavy (non-hydrogen) atoms. The highest BCUT2D eigenvalue weighted by Crippen LogP contribution is 2.25. The summed E-state index contributed by atoms with van der Waals surface area (Å²) in [6, 6.07) is 10.1. The van der Waals surface area contributed by atoms with Crippen molar-refractivity contribution >= 4 is 23.2 Å². The Labute approximate surface area is 121 Å². The molecule has 0 aliphatic carbocycles. The number of carbonyl (C=O) groups is 2. The van der Waals surface area contributed by atoms with Gasteiger partial charge >= 0.3 is 0 Å². The summed E-state index contributed by atoms with van der Waals surface area (Å²) in [7, 11) is 0. The Balaban J connectivity index is 2.44. The van der Waals surface area contributed by atoms with Crippen LogP contribution in [0.4, 0.5) is 11.4 Å². The van der Waals surface area contributed by atoms with Crippen LogP contribution in [0.25, 0.3) is 0 Å². The Morgan fingerprint density at radius 3 is 1.48 bits per heavy atom. The monoisotopic (exact) mass is 284 g/mol. The Hall–Kier alpha value is -3.02. The van der Waals surface area contributed by atoms with Gasteiger partial charge in [0.05, 0.1) is 11.1 Å². The van der Waals surface area contributed by atoms with Crippen LogP contribution in [0, 0.1) is 0 Å². The molecule has 2 rings (SSSR count). The summed E-state index contributed by atoms with van der Waals surface area (Å²) in [5.74, 6) is -1.18. The second kappa shape index (κ2) is 5.54. The fourth-order valence-electron chi connectivity index (χ4n) is 2.17. The minimum absolute atomic E-state index is 0.261. The van der Waals surface area contributed by atoms with Crippen molar-refractivity contribution in [2.75, 3.05) is 11.5 Å². The van der Waals surface area contributed by atoms with E-state index in [-0.39, 0.29) is 11.1 Å². The van der Waals surface area contributed by atoms with E-state index in [1.807, 2.05) is 0 Å². The highest BCUT2D eigenvalue weighted by Gasteiger charge is 2.13. The lowest BCUT2D eigenvalue weighted by Gasteiger charge is -2.12. The summed E-state index contributed by atoms with van der Waals surface area (Å²) >= 11 is 0. The van der Waals surface area contributed by atoms with Crippen LogP contribution in [0.3, 0.4) is 0 Å². The fraction of sp³-hybridized carbons (Fsp3) is 0.0667. The largest absolute Gasteiger partial charge is 0.398 e. The normalized spacial score (nSPS) is 10.3. The third kappa shape index (κ3) is 2.79. The molecule has 6 heteroatoms. The molecule has 0 bridgehead atoms. The molecule has 108 valence electrons. The number of carbonyl (C=O) groups excluding carboxylic acids is 2. The van der Waals surface area contributed by atoms with Gasteiger partial charge in [-0.3, -0.25) is 9.59 Å². The number of nitrogen functional groups attached to an aromatic ring is 2. The van der Waals surface area contributed by atoms with Crippen LogP contribution < -0.4 is 22.9 Å². The minimum atomic E-state index is -0.590. The van der Waals surface area contributed by atoms with E-state index in [2.05, 4.69) is 0 Å². The van der Waals surface area contributed by atoms with Crippen molar-refractivity contribution in [1.82, 2.24) is 0 Å². The summed E-state index contributed by atoms with van der Waals surface area (Å²) in [6.45, 7) is 0. The van der Waals surface area contributed by atoms with E-state index in [1.165, 1.54) is 0 Å². The topological polar surface area (TPSA) is 138 Å². The Morgan fingerprint density at radius 2 is 1.14 bits per heavy atom. The lowest BCUT2D eigenvalue weighted by atomic mass is 9.97. The number of hydrogen-bond donors (Lipinski definition) is 4. The van der Waals surface area contributed by atoms with Gasteiger partial charge in [0, 0.05) is 17.8 Å². The summed E-state index contributed by atoms with van der Waals surface area (Å²) in [6.07, 6.45) is 0.375. The molecule has 0 saturated carbocycles. The number of rotatable bonds is 4. The van der Waals surface area contributed by atoms with Gasteiger partial charge in [-0.2, -0.15) is 0 Å². The number of amides is 2. The van der Waals surface area contributed by atoms with E-state index in [4.69, 9.17) is 22.9 Å². The zero-order valence-corrected chi connectivity index (χ0v) is 11.3. The molecule has 0 aliphatic heterocycles. The van der Waals surface area contributed by atoms with Crippen LogP contribution in [-0.4, -0.2) is 11.8 Å². The molecule has 0 aromatic heterocycles. The van der Waals surface area contributed by atoms with E-state index < -0.39 is 11.8 Å². The maximum atomic E-state index is 11.3. The Kier molecular flexibility index (Phi) is 3.80. The highest BCUT2D eigenvalue weighted by atomic mass is 16.1. The molecule has 0 saturated heterocycles. The maximum absolute atomic E-state index is 11.3. The molecule has 0 heterocycles. The first kappa shape index (κ1) is 14.4. The van der Waals surface area contributed by atoms with Crippen molar-refractivity contribution in [1.29, 1.82) is 0 Å². The van der Waals surface area contributed by atoms with Gasteiger partial charge in [-0.15, -0.1) is 0 Å². The number of anilines is 2. The van der Waals surface area contributed by atoms with Crippen LogP contribution in [0.2, 0.25) is 0 Å². The lowest BCUT2D eigenvalue weighted by molar-refractivity contribution is 0.0992. The van der Waals surface area contributed by atoms with Gasteiger partial charge in [-0.05, 0) is 23.3 Å². The average molecular weight is 284 g/mol. The maximum Gasteiger partial charge on any atom is 0.250 e. The molecule has 0 unspecified atom stereocenters. The predicted octanol–water partition coefficient (Wildman–Crippen LogP) is 0.640. The molecule has 0 spiro atoms. The Morgan fingerprint density at radius 1 is 0.762 bits per heavy atom. The van der Waals surface area contributed by atoms with Crippen LogP contribution in [0.5, 0.6) is 0 Å². The molecular formula is C15H16N4O2. The standard InChI is InChI=1S/C15H16N4O2/c16-12-8(3-1-5-10(12)14(18)20)7-9-4-2-6-11(13(9)17)15(19)21/h1-6H,7,16-17H2,(H2,18,20)(H2,19,21). The van der Waals surface area contributed by atoms with Crippen molar-refractivity contribution in [3.8, 4) is 0 Å². The van der Waals surface area contributed by atoms with Gasteiger partial charge in [-0.1, -0.05) is 24.3 Å². The second-order valence-corrected chi connectivity index (χ2v) is 4.66. The third-order valence-electron chi connectivity index (χ3n) is 3.30. The molecular weight excluding hydrogens is 268 g/mol. The van der Waals surface area contributed by atoms with E-state index in [0.29, 0.717) is 28.9 Å². The number of benzene rings is 2.